The van der Waals surface area contributed by atoms with Crippen molar-refractivity contribution in [2.24, 2.45) is 5.92 Å². The van der Waals surface area contributed by atoms with Gasteiger partial charge in [-0.2, -0.15) is 0 Å². The van der Waals surface area contributed by atoms with Crippen LogP contribution in [0.1, 0.15) is 29.8 Å². The fourth-order valence-corrected chi connectivity index (χ4v) is 3.96. The standard InChI is InChI=1S/C22H24ClFN4O/c1-13(2)27(3)22(29)17-7-16(24)4-5-19(17)28-12-15(6-14-8-25-9-14)21-18(23)10-26-11-20(21)28/h4-5,7,10-14,25H,6,8-9H2,1-3H3. The van der Waals surface area contributed by atoms with E-state index in [1.54, 1.807) is 30.4 Å². The van der Waals surface area contributed by atoms with Crippen LogP contribution >= 0.6 is 11.6 Å². The van der Waals surface area contributed by atoms with Crippen LogP contribution in [0.15, 0.2) is 36.8 Å². The number of benzene rings is 1. The van der Waals surface area contributed by atoms with E-state index in [0.717, 1.165) is 36.0 Å². The summed E-state index contributed by atoms with van der Waals surface area (Å²) in [6.45, 7) is 5.82. The largest absolute Gasteiger partial charge is 0.339 e. The Balaban J connectivity index is 1.89. The molecule has 0 saturated carbocycles. The van der Waals surface area contributed by atoms with Crippen molar-refractivity contribution in [3.63, 3.8) is 0 Å². The fourth-order valence-electron chi connectivity index (χ4n) is 3.69. The average molecular weight is 415 g/mol. The van der Waals surface area contributed by atoms with Crippen LogP contribution in [0.4, 0.5) is 4.39 Å². The minimum absolute atomic E-state index is 0.00203. The lowest BCUT2D eigenvalue weighted by atomic mass is 9.94. The Kier molecular flexibility index (Phi) is 5.32. The number of rotatable bonds is 5. The van der Waals surface area contributed by atoms with Gasteiger partial charge >= 0.3 is 0 Å². The number of amides is 1. The van der Waals surface area contributed by atoms with Gasteiger partial charge in [0.15, 0.2) is 0 Å². The van der Waals surface area contributed by atoms with Gasteiger partial charge < -0.3 is 14.8 Å². The van der Waals surface area contributed by atoms with E-state index in [2.05, 4.69) is 10.3 Å². The number of carbonyl (C=O) groups is 1. The van der Waals surface area contributed by atoms with Gasteiger partial charge in [-0.1, -0.05) is 11.6 Å². The van der Waals surface area contributed by atoms with Gasteiger partial charge in [-0.05, 0) is 63.0 Å². The average Bonchev–Trinajstić information content (AvgIpc) is 3.03. The molecule has 5 nitrogen and oxygen atoms in total. The Morgan fingerprint density at radius 2 is 2.14 bits per heavy atom. The maximum atomic E-state index is 14.1. The summed E-state index contributed by atoms with van der Waals surface area (Å²) in [7, 11) is 1.73. The molecule has 29 heavy (non-hydrogen) atoms. The molecule has 1 aliphatic rings. The van der Waals surface area contributed by atoms with Gasteiger partial charge in [0.1, 0.15) is 5.82 Å². The molecule has 1 amide bonds. The quantitative estimate of drug-likeness (QED) is 0.685. The van der Waals surface area contributed by atoms with Crippen LogP contribution in [0.5, 0.6) is 0 Å². The van der Waals surface area contributed by atoms with Gasteiger partial charge in [0.05, 0.1) is 28.0 Å². The molecule has 7 heteroatoms. The van der Waals surface area contributed by atoms with E-state index in [0.29, 0.717) is 22.2 Å². The Bertz CT molecular complexity index is 1070. The van der Waals surface area contributed by atoms with Gasteiger partial charge in [-0.3, -0.25) is 9.78 Å². The Morgan fingerprint density at radius 1 is 1.38 bits per heavy atom. The molecular weight excluding hydrogens is 391 g/mol. The zero-order valence-corrected chi connectivity index (χ0v) is 17.5. The zero-order chi connectivity index (χ0) is 20.7. The maximum Gasteiger partial charge on any atom is 0.256 e. The topological polar surface area (TPSA) is 50.2 Å². The highest BCUT2D eigenvalue weighted by molar-refractivity contribution is 6.35. The van der Waals surface area contributed by atoms with Gasteiger partial charge in [-0.25, -0.2) is 4.39 Å². The second-order valence-electron chi connectivity index (χ2n) is 7.94. The number of nitrogens with one attached hydrogen (secondary N) is 1. The van der Waals surface area contributed by atoms with E-state index >= 15 is 0 Å². The highest BCUT2D eigenvalue weighted by Crippen LogP contribution is 2.33. The Hall–Kier alpha value is -2.44. The van der Waals surface area contributed by atoms with Crippen molar-refractivity contribution in [3.05, 3.63) is 58.8 Å². The predicted molar refractivity (Wildman–Crippen MR) is 113 cm³/mol. The number of fused-ring (bicyclic) bond motifs is 1. The molecule has 4 rings (SSSR count). The smallest absolute Gasteiger partial charge is 0.256 e. The molecule has 0 unspecified atom stereocenters. The lowest BCUT2D eigenvalue weighted by Gasteiger charge is -2.26. The number of hydrogen-bond acceptors (Lipinski definition) is 3. The van der Waals surface area contributed by atoms with Crippen LogP contribution in [-0.4, -0.2) is 46.5 Å². The third kappa shape index (κ3) is 3.63. The lowest BCUT2D eigenvalue weighted by Crippen LogP contribution is -2.43. The summed E-state index contributed by atoms with van der Waals surface area (Å²) in [5, 5.41) is 4.81. The van der Waals surface area contributed by atoms with Crippen LogP contribution in [0.2, 0.25) is 5.02 Å². The van der Waals surface area contributed by atoms with Crippen molar-refractivity contribution < 1.29 is 9.18 Å². The first-order valence-electron chi connectivity index (χ1n) is 9.78. The first-order valence-corrected chi connectivity index (χ1v) is 10.2. The molecule has 1 aromatic carbocycles. The highest BCUT2D eigenvalue weighted by Gasteiger charge is 2.24. The molecule has 0 bridgehead atoms. The normalized spacial score (nSPS) is 14.4. The zero-order valence-electron chi connectivity index (χ0n) is 16.7. The number of aromatic nitrogens is 2. The number of hydrogen-bond donors (Lipinski definition) is 1. The second kappa shape index (κ2) is 7.76. The molecule has 1 saturated heterocycles. The first-order chi connectivity index (χ1) is 13.9. The van der Waals surface area contributed by atoms with Gasteiger partial charge in [0.2, 0.25) is 0 Å². The minimum Gasteiger partial charge on any atom is -0.339 e. The molecule has 3 aromatic rings. The Morgan fingerprint density at radius 3 is 2.79 bits per heavy atom. The van der Waals surface area contributed by atoms with Gasteiger partial charge in [0.25, 0.3) is 5.91 Å². The third-order valence-electron chi connectivity index (χ3n) is 5.66. The van der Waals surface area contributed by atoms with Crippen LogP contribution in [0.3, 0.4) is 0 Å². The van der Waals surface area contributed by atoms with Crippen LogP contribution in [0, 0.1) is 11.7 Å². The van der Waals surface area contributed by atoms with Crippen molar-refractivity contribution in [2.75, 3.05) is 20.1 Å². The van der Waals surface area contributed by atoms with Crippen molar-refractivity contribution >= 4 is 28.4 Å². The van der Waals surface area contributed by atoms with Crippen molar-refractivity contribution in [1.82, 2.24) is 19.8 Å². The van der Waals surface area contributed by atoms with E-state index in [4.69, 9.17) is 11.6 Å². The number of pyridine rings is 1. The van der Waals surface area contributed by atoms with Crippen LogP contribution in [-0.2, 0) is 6.42 Å². The SMILES string of the molecule is CC(C)N(C)C(=O)c1cc(F)ccc1-n1cc(CC2CNC2)c2c(Cl)cncc21. The predicted octanol–water partition coefficient (Wildman–Crippen LogP) is 4.06. The molecule has 0 atom stereocenters. The molecule has 1 N–H and O–H groups in total. The molecular formula is C22H24ClFN4O. The summed E-state index contributed by atoms with van der Waals surface area (Å²) in [6, 6.07) is 4.32. The lowest BCUT2D eigenvalue weighted by molar-refractivity contribution is 0.0754. The molecule has 0 aliphatic carbocycles. The minimum atomic E-state index is -0.442. The third-order valence-corrected chi connectivity index (χ3v) is 5.95. The molecule has 3 heterocycles. The van der Waals surface area contributed by atoms with Crippen LogP contribution < -0.4 is 5.32 Å². The van der Waals surface area contributed by atoms with E-state index in [-0.39, 0.29) is 11.9 Å². The van der Waals surface area contributed by atoms with E-state index in [9.17, 15) is 9.18 Å². The molecule has 2 aromatic heterocycles. The summed E-state index contributed by atoms with van der Waals surface area (Å²) in [5.41, 5.74) is 2.86. The van der Waals surface area contributed by atoms with Crippen molar-refractivity contribution in [1.29, 1.82) is 0 Å². The van der Waals surface area contributed by atoms with Gasteiger partial charge in [-0.15, -0.1) is 0 Å². The second-order valence-corrected chi connectivity index (χ2v) is 8.35. The number of carbonyl (C=O) groups excluding carboxylic acids is 1. The summed E-state index contributed by atoms with van der Waals surface area (Å²) >= 11 is 6.50. The number of nitrogens with zero attached hydrogens (tertiary/aromatic N) is 3. The molecule has 0 spiro atoms. The van der Waals surface area contributed by atoms with Crippen molar-refractivity contribution in [2.45, 2.75) is 26.3 Å². The summed E-state index contributed by atoms with van der Waals surface area (Å²) in [6.07, 6.45) is 6.28. The van der Waals surface area contributed by atoms with Crippen molar-refractivity contribution in [3.8, 4) is 5.69 Å². The molecule has 1 fully saturated rings. The van der Waals surface area contributed by atoms with E-state index in [1.165, 1.54) is 12.1 Å². The summed E-state index contributed by atoms with van der Waals surface area (Å²) in [4.78, 5) is 18.9. The molecule has 1 aliphatic heterocycles. The van der Waals surface area contributed by atoms with E-state index < -0.39 is 5.82 Å². The highest BCUT2D eigenvalue weighted by atomic mass is 35.5. The summed E-state index contributed by atoms with van der Waals surface area (Å²) in [5.74, 6) is -0.113. The summed E-state index contributed by atoms with van der Waals surface area (Å²) < 4.78 is 16.0. The number of halogens is 2. The van der Waals surface area contributed by atoms with E-state index in [1.807, 2.05) is 24.6 Å². The van der Waals surface area contributed by atoms with Crippen LogP contribution in [0.25, 0.3) is 16.6 Å². The monoisotopic (exact) mass is 414 g/mol. The molecule has 0 radical (unpaired) electrons. The fraction of sp³-hybridized carbons (Fsp3) is 0.364. The Labute approximate surface area is 174 Å². The molecule has 152 valence electrons. The van der Waals surface area contributed by atoms with Gasteiger partial charge in [0, 0.05) is 30.9 Å². The first kappa shape index (κ1) is 19.9. The maximum absolute atomic E-state index is 14.1.